The first-order valence-electron chi connectivity index (χ1n) is 6.92. The predicted molar refractivity (Wildman–Crippen MR) is 74.7 cm³/mol. The lowest BCUT2D eigenvalue weighted by atomic mass is 10.1. The molecule has 1 aromatic rings. The first-order valence-corrected chi connectivity index (χ1v) is 6.92. The molecule has 0 heterocycles. The van der Waals surface area contributed by atoms with Gasteiger partial charge in [0.25, 0.3) is 0 Å². The third-order valence-corrected chi connectivity index (χ3v) is 3.49. The highest BCUT2D eigenvalue weighted by Gasteiger charge is 2.23. The molecule has 1 amide bonds. The number of ether oxygens (including phenoxy) is 1. The van der Waals surface area contributed by atoms with Crippen LogP contribution in [0.2, 0.25) is 0 Å². The molecule has 0 aliphatic heterocycles. The molecule has 1 fully saturated rings. The van der Waals surface area contributed by atoms with Gasteiger partial charge in [0.15, 0.2) is 0 Å². The van der Waals surface area contributed by atoms with E-state index in [-0.39, 0.29) is 29.7 Å². The summed E-state index contributed by atoms with van der Waals surface area (Å²) in [4.78, 5) is 23.7. The second kappa shape index (κ2) is 6.41. The Labute approximate surface area is 117 Å². The van der Waals surface area contributed by atoms with E-state index in [2.05, 4.69) is 5.32 Å². The van der Waals surface area contributed by atoms with Gasteiger partial charge in [-0.15, -0.1) is 0 Å². The number of hydrogen-bond donors (Lipinski definition) is 2. The van der Waals surface area contributed by atoms with Crippen LogP contribution in [-0.2, 0) is 9.53 Å². The van der Waals surface area contributed by atoms with Gasteiger partial charge >= 0.3 is 5.97 Å². The molecule has 0 unspecified atom stereocenters. The molecule has 2 N–H and O–H groups in total. The Morgan fingerprint density at radius 3 is 2.70 bits per heavy atom. The fourth-order valence-electron chi connectivity index (χ4n) is 2.42. The highest BCUT2D eigenvalue weighted by Crippen LogP contribution is 2.27. The van der Waals surface area contributed by atoms with E-state index in [9.17, 15) is 14.7 Å². The van der Waals surface area contributed by atoms with Gasteiger partial charge in [0, 0.05) is 11.6 Å². The van der Waals surface area contributed by atoms with Crippen molar-refractivity contribution in [3.8, 4) is 5.75 Å². The van der Waals surface area contributed by atoms with Crippen LogP contribution < -0.4 is 5.32 Å². The van der Waals surface area contributed by atoms with Crippen LogP contribution in [-0.4, -0.2) is 23.6 Å². The average molecular weight is 277 g/mol. The molecule has 1 saturated carbocycles. The molecule has 1 aliphatic carbocycles. The molecule has 0 bridgehead atoms. The summed E-state index contributed by atoms with van der Waals surface area (Å²) in [6.45, 7) is 1.93. The van der Waals surface area contributed by atoms with E-state index in [0.717, 1.165) is 25.7 Å². The minimum Gasteiger partial charge on any atom is -0.507 e. The largest absolute Gasteiger partial charge is 0.507 e. The first kappa shape index (κ1) is 14.4. The number of benzene rings is 1. The summed E-state index contributed by atoms with van der Waals surface area (Å²) in [5.74, 6) is -0.720. The molecule has 1 aliphatic rings. The summed E-state index contributed by atoms with van der Waals surface area (Å²) in [5, 5.41) is 12.5. The number of rotatable bonds is 4. The Bertz CT molecular complexity index is 507. The van der Waals surface area contributed by atoms with Crippen molar-refractivity contribution < 1.29 is 19.4 Å². The van der Waals surface area contributed by atoms with E-state index in [1.165, 1.54) is 12.1 Å². The summed E-state index contributed by atoms with van der Waals surface area (Å²) in [6.07, 6.45) is 3.99. The SMILES string of the molecule is CCOC(=O)c1cc(NC(=O)C2CCCC2)ccc1O. The minimum atomic E-state index is -0.595. The van der Waals surface area contributed by atoms with Gasteiger partial charge in [-0.2, -0.15) is 0 Å². The molecule has 0 spiro atoms. The topological polar surface area (TPSA) is 75.6 Å². The van der Waals surface area contributed by atoms with Gasteiger partial charge < -0.3 is 15.2 Å². The van der Waals surface area contributed by atoms with Crippen LogP contribution >= 0.6 is 0 Å². The van der Waals surface area contributed by atoms with Crippen molar-refractivity contribution in [2.75, 3.05) is 11.9 Å². The maximum atomic E-state index is 12.0. The summed E-state index contributed by atoms with van der Waals surface area (Å²) in [6, 6.07) is 4.40. The van der Waals surface area contributed by atoms with E-state index in [1.807, 2.05) is 0 Å². The van der Waals surface area contributed by atoms with Crippen LogP contribution in [0.25, 0.3) is 0 Å². The lowest BCUT2D eigenvalue weighted by Crippen LogP contribution is -2.20. The summed E-state index contributed by atoms with van der Waals surface area (Å²) in [5.41, 5.74) is 0.568. The second-order valence-corrected chi connectivity index (χ2v) is 4.92. The molecule has 0 saturated heterocycles. The fraction of sp³-hybridized carbons (Fsp3) is 0.467. The van der Waals surface area contributed by atoms with Crippen LogP contribution in [0, 0.1) is 5.92 Å². The van der Waals surface area contributed by atoms with E-state index in [0.29, 0.717) is 5.69 Å². The quantitative estimate of drug-likeness (QED) is 0.655. The number of hydrogen-bond acceptors (Lipinski definition) is 4. The van der Waals surface area contributed by atoms with E-state index < -0.39 is 5.97 Å². The van der Waals surface area contributed by atoms with Gasteiger partial charge in [-0.05, 0) is 38.0 Å². The van der Waals surface area contributed by atoms with Crippen LogP contribution in [0.1, 0.15) is 43.0 Å². The number of phenols is 1. The number of nitrogens with one attached hydrogen (secondary N) is 1. The lowest BCUT2D eigenvalue weighted by Gasteiger charge is -2.12. The van der Waals surface area contributed by atoms with Gasteiger partial charge in [-0.1, -0.05) is 12.8 Å². The Hall–Kier alpha value is -2.04. The van der Waals surface area contributed by atoms with Crippen molar-refractivity contribution in [1.29, 1.82) is 0 Å². The third kappa shape index (κ3) is 3.29. The number of carbonyl (C=O) groups excluding carboxylic acids is 2. The van der Waals surface area contributed by atoms with Crippen molar-refractivity contribution in [3.63, 3.8) is 0 Å². The van der Waals surface area contributed by atoms with Crippen molar-refractivity contribution in [1.82, 2.24) is 0 Å². The zero-order chi connectivity index (χ0) is 14.5. The Morgan fingerprint density at radius 1 is 1.35 bits per heavy atom. The highest BCUT2D eigenvalue weighted by molar-refractivity contribution is 5.97. The maximum Gasteiger partial charge on any atom is 0.341 e. The smallest absolute Gasteiger partial charge is 0.341 e. The number of esters is 1. The summed E-state index contributed by atoms with van der Waals surface area (Å²) in [7, 11) is 0. The van der Waals surface area contributed by atoms with Crippen molar-refractivity contribution in [2.24, 2.45) is 5.92 Å². The molecule has 5 heteroatoms. The lowest BCUT2D eigenvalue weighted by molar-refractivity contribution is -0.119. The first-order chi connectivity index (χ1) is 9.61. The van der Waals surface area contributed by atoms with Crippen LogP contribution in [0.15, 0.2) is 18.2 Å². The number of aromatic hydroxyl groups is 1. The second-order valence-electron chi connectivity index (χ2n) is 4.92. The van der Waals surface area contributed by atoms with Crippen LogP contribution in [0.4, 0.5) is 5.69 Å². The molecular weight excluding hydrogens is 258 g/mol. The standard InChI is InChI=1S/C15H19NO4/c1-2-20-15(19)12-9-11(7-8-13(12)17)16-14(18)10-5-3-4-6-10/h7-10,17H,2-6H2,1H3,(H,16,18). The molecule has 2 rings (SSSR count). The number of amides is 1. The third-order valence-electron chi connectivity index (χ3n) is 3.49. The Balaban J connectivity index is 2.10. The Morgan fingerprint density at radius 2 is 2.05 bits per heavy atom. The van der Waals surface area contributed by atoms with Crippen molar-refractivity contribution in [3.05, 3.63) is 23.8 Å². The average Bonchev–Trinajstić information content (AvgIpc) is 2.95. The monoisotopic (exact) mass is 277 g/mol. The van der Waals surface area contributed by atoms with Gasteiger partial charge in [-0.25, -0.2) is 4.79 Å². The van der Waals surface area contributed by atoms with Crippen LogP contribution in [0.5, 0.6) is 5.75 Å². The van der Waals surface area contributed by atoms with Gasteiger partial charge in [0.2, 0.25) is 5.91 Å². The molecule has 20 heavy (non-hydrogen) atoms. The van der Waals surface area contributed by atoms with E-state index >= 15 is 0 Å². The normalized spacial score (nSPS) is 15.1. The molecule has 1 aromatic carbocycles. The van der Waals surface area contributed by atoms with Crippen LogP contribution in [0.3, 0.4) is 0 Å². The van der Waals surface area contributed by atoms with Gasteiger partial charge in [0.1, 0.15) is 11.3 Å². The van der Waals surface area contributed by atoms with Gasteiger partial charge in [-0.3, -0.25) is 4.79 Å². The molecule has 0 aromatic heterocycles. The Kier molecular flexibility index (Phi) is 4.61. The number of carbonyl (C=O) groups is 2. The van der Waals surface area contributed by atoms with E-state index in [1.54, 1.807) is 13.0 Å². The van der Waals surface area contributed by atoms with Crippen molar-refractivity contribution in [2.45, 2.75) is 32.6 Å². The summed E-state index contributed by atoms with van der Waals surface area (Å²) < 4.78 is 4.86. The highest BCUT2D eigenvalue weighted by atomic mass is 16.5. The molecule has 108 valence electrons. The van der Waals surface area contributed by atoms with E-state index in [4.69, 9.17) is 4.74 Å². The molecule has 0 radical (unpaired) electrons. The zero-order valence-electron chi connectivity index (χ0n) is 11.5. The predicted octanol–water partition coefficient (Wildman–Crippen LogP) is 2.70. The zero-order valence-corrected chi connectivity index (χ0v) is 11.5. The number of anilines is 1. The number of phenolic OH excluding ortho intramolecular Hbond substituents is 1. The van der Waals surface area contributed by atoms with Gasteiger partial charge in [0.05, 0.1) is 6.61 Å². The van der Waals surface area contributed by atoms with Crippen molar-refractivity contribution >= 4 is 17.6 Å². The molecular formula is C15H19NO4. The molecule has 0 atom stereocenters. The minimum absolute atomic E-state index is 0.0250. The molecule has 5 nitrogen and oxygen atoms in total. The fourth-order valence-corrected chi connectivity index (χ4v) is 2.42. The summed E-state index contributed by atoms with van der Waals surface area (Å²) >= 11 is 0. The maximum absolute atomic E-state index is 12.0.